The van der Waals surface area contributed by atoms with Crippen LogP contribution in [-0.2, 0) is 4.74 Å². The van der Waals surface area contributed by atoms with Gasteiger partial charge < -0.3 is 9.64 Å². The minimum Gasteiger partial charge on any atom is -0.381 e. The molecule has 2 aliphatic rings. The Labute approximate surface area is 95.0 Å². The van der Waals surface area contributed by atoms with Crippen LogP contribution >= 0.6 is 0 Å². The lowest BCUT2D eigenvalue weighted by Gasteiger charge is -2.30. The van der Waals surface area contributed by atoms with Gasteiger partial charge in [-0.25, -0.2) is 0 Å². The number of hydrogen-bond acceptors (Lipinski definition) is 2. The maximum atomic E-state index is 5.31. The molecule has 0 unspecified atom stereocenters. The van der Waals surface area contributed by atoms with Crippen LogP contribution in [0.25, 0.3) is 0 Å². The normalized spacial score (nSPS) is 23.8. The van der Waals surface area contributed by atoms with Crippen LogP contribution in [0.4, 0.5) is 0 Å². The van der Waals surface area contributed by atoms with Gasteiger partial charge in [-0.2, -0.15) is 0 Å². The molecule has 0 aromatic rings. The minimum atomic E-state index is 0.546. The average molecular weight is 213 g/mol. The van der Waals surface area contributed by atoms with Gasteiger partial charge in [0.25, 0.3) is 0 Å². The molecule has 15 heavy (non-hydrogen) atoms. The zero-order valence-corrected chi connectivity index (χ0v) is 10.8. The lowest BCUT2D eigenvalue weighted by molar-refractivity contribution is 0.0388. The summed E-state index contributed by atoms with van der Waals surface area (Å²) in [4.78, 5) is 2.62. The summed E-state index contributed by atoms with van der Waals surface area (Å²) in [5, 5.41) is 0. The second-order valence-electron chi connectivity index (χ2n) is 5.43. The summed E-state index contributed by atoms with van der Waals surface area (Å²) < 4.78 is 5.31. The predicted octanol–water partition coefficient (Wildman–Crippen LogP) is 2.92. The quantitative estimate of drug-likeness (QED) is 0.699. The third-order valence-electron chi connectivity index (χ3n) is 2.87. The fourth-order valence-corrected chi connectivity index (χ4v) is 1.92. The van der Waals surface area contributed by atoms with E-state index >= 15 is 0 Å². The summed E-state index contributed by atoms with van der Waals surface area (Å²) in [6.45, 7) is 9.03. The third kappa shape index (κ3) is 5.53. The Kier molecular flexibility index (Phi) is 5.62. The number of piperidine rings is 1. The Hall–Kier alpha value is -0.0800. The van der Waals surface area contributed by atoms with Crippen molar-refractivity contribution >= 4 is 0 Å². The molecule has 0 radical (unpaired) electrons. The van der Waals surface area contributed by atoms with Gasteiger partial charge in [0.2, 0.25) is 0 Å². The lowest BCUT2D eigenvalue weighted by atomic mass is 10.1. The van der Waals surface area contributed by atoms with Crippen LogP contribution in [0.15, 0.2) is 0 Å². The molecule has 1 aliphatic heterocycles. The maximum absolute atomic E-state index is 5.31. The van der Waals surface area contributed by atoms with E-state index < -0.39 is 0 Å². The van der Waals surface area contributed by atoms with Crippen LogP contribution in [0.5, 0.6) is 0 Å². The van der Waals surface area contributed by atoms with E-state index in [1.54, 1.807) is 0 Å². The van der Waals surface area contributed by atoms with E-state index in [1.165, 1.54) is 38.8 Å². The highest BCUT2D eigenvalue weighted by Gasteiger charge is 2.31. The zero-order chi connectivity index (χ0) is 11.3. The molecule has 0 bridgehead atoms. The van der Waals surface area contributed by atoms with Crippen molar-refractivity contribution in [1.82, 2.24) is 4.90 Å². The molecule has 0 aromatic heterocycles. The highest BCUT2D eigenvalue weighted by atomic mass is 16.5. The molecule has 90 valence electrons. The molecular weight excluding hydrogens is 186 g/mol. The topological polar surface area (TPSA) is 12.5 Å². The van der Waals surface area contributed by atoms with Gasteiger partial charge >= 0.3 is 0 Å². The van der Waals surface area contributed by atoms with Gasteiger partial charge in [0, 0.05) is 26.2 Å². The van der Waals surface area contributed by atoms with E-state index in [0.717, 1.165) is 12.0 Å². The first-order valence-electron chi connectivity index (χ1n) is 6.40. The largest absolute Gasteiger partial charge is 0.381 e. The van der Waals surface area contributed by atoms with Crippen LogP contribution in [0.1, 0.15) is 46.5 Å². The van der Waals surface area contributed by atoms with Crippen molar-refractivity contribution in [2.24, 2.45) is 5.92 Å². The molecule has 2 fully saturated rings. The molecule has 0 spiro atoms. The molecule has 1 heterocycles. The van der Waals surface area contributed by atoms with E-state index in [1.807, 2.05) is 7.11 Å². The molecule has 0 N–H and O–H groups in total. The van der Waals surface area contributed by atoms with Crippen molar-refractivity contribution < 1.29 is 4.74 Å². The SMILES string of the molecule is CC(C)C.COC1CCN(C2CC2)CC1. The van der Waals surface area contributed by atoms with Gasteiger partial charge in [0.1, 0.15) is 0 Å². The Morgan fingerprint density at radius 3 is 1.80 bits per heavy atom. The molecule has 2 heteroatoms. The van der Waals surface area contributed by atoms with Crippen LogP contribution < -0.4 is 0 Å². The third-order valence-corrected chi connectivity index (χ3v) is 2.87. The molecule has 0 amide bonds. The van der Waals surface area contributed by atoms with Gasteiger partial charge in [0.05, 0.1) is 6.10 Å². The summed E-state index contributed by atoms with van der Waals surface area (Å²) in [5.74, 6) is 0.833. The van der Waals surface area contributed by atoms with Crippen LogP contribution in [0, 0.1) is 5.92 Å². The van der Waals surface area contributed by atoms with E-state index in [-0.39, 0.29) is 0 Å². The number of methoxy groups -OCH3 is 1. The Morgan fingerprint density at radius 2 is 1.47 bits per heavy atom. The predicted molar refractivity (Wildman–Crippen MR) is 65.1 cm³/mol. The standard InChI is InChI=1S/C9H17NO.C4H10/c1-11-9-4-6-10(7-5-9)8-2-3-8;1-4(2)3/h8-9H,2-7H2,1H3;4H,1-3H3. The maximum Gasteiger partial charge on any atom is 0.0595 e. The first-order chi connectivity index (χ1) is 7.13. The number of ether oxygens (including phenoxy) is 1. The number of rotatable bonds is 2. The lowest BCUT2D eigenvalue weighted by Crippen LogP contribution is -2.37. The van der Waals surface area contributed by atoms with Gasteiger partial charge in [-0.15, -0.1) is 0 Å². The molecular formula is C13H27NO. The van der Waals surface area contributed by atoms with Crippen LogP contribution in [0.2, 0.25) is 0 Å². The van der Waals surface area contributed by atoms with E-state index in [4.69, 9.17) is 4.74 Å². The monoisotopic (exact) mass is 213 g/mol. The van der Waals surface area contributed by atoms with Crippen molar-refractivity contribution in [2.75, 3.05) is 20.2 Å². The highest BCUT2D eigenvalue weighted by Crippen LogP contribution is 2.29. The number of hydrogen-bond donors (Lipinski definition) is 0. The molecule has 2 nitrogen and oxygen atoms in total. The van der Waals surface area contributed by atoms with Gasteiger partial charge in [0.15, 0.2) is 0 Å². The number of nitrogens with zero attached hydrogens (tertiary/aromatic N) is 1. The van der Waals surface area contributed by atoms with Crippen molar-refractivity contribution in [2.45, 2.75) is 58.6 Å². The van der Waals surface area contributed by atoms with Gasteiger partial charge in [-0.05, 0) is 31.6 Å². The van der Waals surface area contributed by atoms with E-state index in [9.17, 15) is 0 Å². The van der Waals surface area contributed by atoms with Crippen molar-refractivity contribution in [3.8, 4) is 0 Å². The Balaban J connectivity index is 0.000000245. The van der Waals surface area contributed by atoms with E-state index in [0.29, 0.717) is 6.10 Å². The van der Waals surface area contributed by atoms with Gasteiger partial charge in [-0.3, -0.25) is 0 Å². The van der Waals surface area contributed by atoms with Crippen molar-refractivity contribution in [3.63, 3.8) is 0 Å². The molecule has 0 atom stereocenters. The summed E-state index contributed by atoms with van der Waals surface area (Å²) >= 11 is 0. The summed E-state index contributed by atoms with van der Waals surface area (Å²) in [5.41, 5.74) is 0. The molecule has 1 saturated carbocycles. The van der Waals surface area contributed by atoms with Crippen molar-refractivity contribution in [3.05, 3.63) is 0 Å². The zero-order valence-electron chi connectivity index (χ0n) is 10.8. The summed E-state index contributed by atoms with van der Waals surface area (Å²) in [6.07, 6.45) is 5.92. The van der Waals surface area contributed by atoms with Crippen molar-refractivity contribution in [1.29, 1.82) is 0 Å². The number of likely N-dealkylation sites (tertiary alicyclic amines) is 1. The highest BCUT2D eigenvalue weighted by molar-refractivity contribution is 4.87. The summed E-state index contributed by atoms with van der Waals surface area (Å²) in [6, 6.07) is 0.952. The minimum absolute atomic E-state index is 0.546. The fraction of sp³-hybridized carbons (Fsp3) is 1.00. The van der Waals surface area contributed by atoms with Crippen LogP contribution in [0.3, 0.4) is 0 Å². The molecule has 1 aliphatic carbocycles. The fourth-order valence-electron chi connectivity index (χ4n) is 1.92. The second kappa shape index (κ2) is 6.49. The first-order valence-corrected chi connectivity index (χ1v) is 6.40. The molecule has 2 rings (SSSR count). The second-order valence-corrected chi connectivity index (χ2v) is 5.43. The van der Waals surface area contributed by atoms with Gasteiger partial charge in [-0.1, -0.05) is 20.8 Å². The van der Waals surface area contributed by atoms with Crippen LogP contribution in [-0.4, -0.2) is 37.2 Å². The smallest absolute Gasteiger partial charge is 0.0595 e. The molecule has 1 saturated heterocycles. The summed E-state index contributed by atoms with van der Waals surface area (Å²) in [7, 11) is 1.83. The first kappa shape index (κ1) is 13.0. The average Bonchev–Trinajstić information content (AvgIpc) is 3.00. The Morgan fingerprint density at radius 1 is 1.00 bits per heavy atom. The van der Waals surface area contributed by atoms with E-state index in [2.05, 4.69) is 25.7 Å². The Bertz CT molecular complexity index is 155. The molecule has 0 aromatic carbocycles.